The van der Waals surface area contributed by atoms with Gasteiger partial charge in [-0.2, -0.15) is 0 Å². The van der Waals surface area contributed by atoms with Crippen LogP contribution in [0.5, 0.6) is 0 Å². The Morgan fingerprint density at radius 1 is 0.895 bits per heavy atom. The molecule has 2 aromatic rings. The highest BCUT2D eigenvalue weighted by Gasteiger charge is 2.15. The van der Waals surface area contributed by atoms with Gasteiger partial charge >= 0.3 is 0 Å². The third-order valence-electron chi connectivity index (χ3n) is 3.69. The van der Waals surface area contributed by atoms with Crippen LogP contribution in [0.3, 0.4) is 0 Å². The van der Waals surface area contributed by atoms with E-state index in [0.29, 0.717) is 0 Å². The fourth-order valence-electron chi connectivity index (χ4n) is 2.41. The Bertz CT molecular complexity index is 590. The van der Waals surface area contributed by atoms with Crippen molar-refractivity contribution in [3.63, 3.8) is 0 Å². The Morgan fingerprint density at radius 2 is 1.53 bits per heavy atom. The Hall–Kier alpha value is -1.25. The van der Waals surface area contributed by atoms with Gasteiger partial charge in [0.2, 0.25) is 0 Å². The maximum absolute atomic E-state index is 6.50. The largest absolute Gasteiger partial charge is 0.320 e. The normalized spacial score (nSPS) is 12.5. The van der Waals surface area contributed by atoms with Gasteiger partial charge in [0.1, 0.15) is 0 Å². The fraction of sp³-hybridized carbons (Fsp3) is 0.294. The number of aryl methyl sites for hydroxylation is 3. The number of rotatable bonds is 3. The van der Waals surface area contributed by atoms with Gasteiger partial charge in [-0.25, -0.2) is 0 Å². The third kappa shape index (κ3) is 2.85. The van der Waals surface area contributed by atoms with Crippen LogP contribution in [0.1, 0.15) is 33.9 Å². The molecule has 2 heteroatoms. The van der Waals surface area contributed by atoms with E-state index in [9.17, 15) is 0 Å². The second-order valence-electron chi connectivity index (χ2n) is 5.01. The second-order valence-corrected chi connectivity index (χ2v) is 5.86. The summed E-state index contributed by atoms with van der Waals surface area (Å²) in [6.07, 6.45) is 2.10. The van der Waals surface area contributed by atoms with Crippen LogP contribution in [0.25, 0.3) is 0 Å². The molecule has 2 N–H and O–H groups in total. The van der Waals surface area contributed by atoms with E-state index in [4.69, 9.17) is 5.73 Å². The SMILES string of the molecule is CSc1ccccc1C(N)c1cc(C)c(C)cc1C. The molecule has 0 spiro atoms. The van der Waals surface area contributed by atoms with Crippen molar-refractivity contribution >= 4 is 11.8 Å². The molecule has 0 bridgehead atoms. The van der Waals surface area contributed by atoms with Gasteiger partial charge in [-0.05, 0) is 60.9 Å². The minimum absolute atomic E-state index is 0.0528. The van der Waals surface area contributed by atoms with Crippen LogP contribution in [-0.2, 0) is 0 Å². The number of nitrogens with two attached hydrogens (primary N) is 1. The number of hydrogen-bond donors (Lipinski definition) is 1. The standard InChI is InChI=1S/C17H21NS/c1-11-9-13(3)15(10-12(11)2)17(18)14-7-5-6-8-16(14)19-4/h5-10,17H,18H2,1-4H3. The van der Waals surface area contributed by atoms with Crippen LogP contribution in [0.15, 0.2) is 41.3 Å². The summed E-state index contributed by atoms with van der Waals surface area (Å²) in [7, 11) is 0. The first kappa shape index (κ1) is 14.2. The molecule has 0 radical (unpaired) electrons. The summed E-state index contributed by atoms with van der Waals surface area (Å²) in [5.74, 6) is 0. The highest BCUT2D eigenvalue weighted by molar-refractivity contribution is 7.98. The van der Waals surface area contributed by atoms with Crippen molar-refractivity contribution in [1.29, 1.82) is 0 Å². The van der Waals surface area contributed by atoms with Crippen molar-refractivity contribution < 1.29 is 0 Å². The van der Waals surface area contributed by atoms with Gasteiger partial charge in [-0.3, -0.25) is 0 Å². The number of benzene rings is 2. The van der Waals surface area contributed by atoms with Crippen molar-refractivity contribution in [3.8, 4) is 0 Å². The molecule has 0 saturated heterocycles. The van der Waals surface area contributed by atoms with Crippen molar-refractivity contribution in [2.24, 2.45) is 5.73 Å². The third-order valence-corrected chi connectivity index (χ3v) is 4.50. The highest BCUT2D eigenvalue weighted by atomic mass is 32.2. The van der Waals surface area contributed by atoms with E-state index in [-0.39, 0.29) is 6.04 Å². The quantitative estimate of drug-likeness (QED) is 0.838. The monoisotopic (exact) mass is 271 g/mol. The fourth-order valence-corrected chi connectivity index (χ4v) is 3.05. The van der Waals surface area contributed by atoms with Gasteiger partial charge in [0.15, 0.2) is 0 Å². The molecule has 0 aromatic heterocycles. The van der Waals surface area contributed by atoms with Gasteiger partial charge < -0.3 is 5.73 Å². The lowest BCUT2D eigenvalue weighted by atomic mass is 9.92. The predicted molar refractivity (Wildman–Crippen MR) is 84.9 cm³/mol. The zero-order valence-corrected chi connectivity index (χ0v) is 12.8. The lowest BCUT2D eigenvalue weighted by Gasteiger charge is -2.19. The Balaban J connectivity index is 2.50. The Kier molecular flexibility index (Phi) is 4.33. The molecule has 1 atom stereocenters. The van der Waals surface area contributed by atoms with Gasteiger partial charge in [-0.15, -0.1) is 11.8 Å². The minimum atomic E-state index is -0.0528. The molecule has 0 saturated carbocycles. The smallest absolute Gasteiger partial charge is 0.0565 e. The molecule has 2 aromatic carbocycles. The average Bonchev–Trinajstić information content (AvgIpc) is 2.42. The number of hydrogen-bond acceptors (Lipinski definition) is 2. The summed E-state index contributed by atoms with van der Waals surface area (Å²) < 4.78 is 0. The topological polar surface area (TPSA) is 26.0 Å². The molecule has 0 heterocycles. The van der Waals surface area contributed by atoms with Crippen LogP contribution >= 0.6 is 11.8 Å². The Morgan fingerprint density at radius 3 is 2.21 bits per heavy atom. The van der Waals surface area contributed by atoms with E-state index in [0.717, 1.165) is 0 Å². The van der Waals surface area contributed by atoms with Crippen molar-refractivity contribution in [1.82, 2.24) is 0 Å². The molecule has 0 aliphatic rings. The molecular weight excluding hydrogens is 250 g/mol. The van der Waals surface area contributed by atoms with Crippen molar-refractivity contribution in [2.75, 3.05) is 6.26 Å². The highest BCUT2D eigenvalue weighted by Crippen LogP contribution is 2.31. The summed E-state index contributed by atoms with van der Waals surface area (Å²) in [5, 5.41) is 0. The van der Waals surface area contributed by atoms with Gasteiger partial charge in [0, 0.05) is 4.90 Å². The molecule has 19 heavy (non-hydrogen) atoms. The summed E-state index contributed by atoms with van der Waals surface area (Å²) in [4.78, 5) is 1.26. The van der Waals surface area contributed by atoms with Crippen molar-refractivity contribution in [3.05, 3.63) is 64.2 Å². The molecule has 2 rings (SSSR count). The first-order valence-corrected chi connectivity index (χ1v) is 7.73. The molecule has 0 aliphatic carbocycles. The molecule has 0 fully saturated rings. The van der Waals surface area contributed by atoms with E-state index in [1.54, 1.807) is 11.8 Å². The molecule has 1 unspecified atom stereocenters. The average molecular weight is 271 g/mol. The van der Waals surface area contributed by atoms with E-state index in [1.165, 1.54) is 32.7 Å². The minimum Gasteiger partial charge on any atom is -0.320 e. The molecular formula is C17H21NS. The zero-order valence-electron chi connectivity index (χ0n) is 12.0. The summed E-state index contributed by atoms with van der Waals surface area (Å²) >= 11 is 1.75. The van der Waals surface area contributed by atoms with Crippen LogP contribution < -0.4 is 5.73 Å². The van der Waals surface area contributed by atoms with E-state index < -0.39 is 0 Å². The van der Waals surface area contributed by atoms with E-state index in [1.807, 2.05) is 0 Å². The second kappa shape index (κ2) is 5.81. The van der Waals surface area contributed by atoms with E-state index in [2.05, 4.69) is 63.4 Å². The maximum atomic E-state index is 6.50. The first-order valence-electron chi connectivity index (χ1n) is 6.51. The summed E-state index contributed by atoms with van der Waals surface area (Å²) in [6, 6.07) is 12.8. The van der Waals surface area contributed by atoms with Gasteiger partial charge in [0.05, 0.1) is 6.04 Å². The zero-order chi connectivity index (χ0) is 14.0. The maximum Gasteiger partial charge on any atom is 0.0565 e. The lowest BCUT2D eigenvalue weighted by molar-refractivity contribution is 0.837. The van der Waals surface area contributed by atoms with Crippen LogP contribution in [0, 0.1) is 20.8 Å². The molecule has 0 aliphatic heterocycles. The van der Waals surface area contributed by atoms with Gasteiger partial charge in [0.25, 0.3) is 0 Å². The molecule has 1 nitrogen and oxygen atoms in total. The summed E-state index contributed by atoms with van der Waals surface area (Å²) in [6.45, 7) is 6.43. The van der Waals surface area contributed by atoms with Crippen LogP contribution in [0.2, 0.25) is 0 Å². The molecule has 0 amide bonds. The lowest BCUT2D eigenvalue weighted by Crippen LogP contribution is -2.14. The number of thioether (sulfide) groups is 1. The van der Waals surface area contributed by atoms with Crippen LogP contribution in [0.4, 0.5) is 0 Å². The van der Waals surface area contributed by atoms with E-state index >= 15 is 0 Å². The predicted octanol–water partition coefficient (Wildman–Crippen LogP) is 4.38. The molecule has 100 valence electrons. The van der Waals surface area contributed by atoms with Gasteiger partial charge in [-0.1, -0.05) is 30.3 Å². The van der Waals surface area contributed by atoms with Crippen molar-refractivity contribution in [2.45, 2.75) is 31.7 Å². The summed E-state index contributed by atoms with van der Waals surface area (Å²) in [5.41, 5.74) is 12.8. The first-order chi connectivity index (χ1) is 9.04. The van der Waals surface area contributed by atoms with Crippen LogP contribution in [-0.4, -0.2) is 6.26 Å². The Labute approximate surface area is 120 Å².